The van der Waals surface area contributed by atoms with Crippen LogP contribution >= 0.6 is 0 Å². The quantitative estimate of drug-likeness (QED) is 0.786. The van der Waals surface area contributed by atoms with Crippen molar-refractivity contribution in [1.82, 2.24) is 15.2 Å². The van der Waals surface area contributed by atoms with Gasteiger partial charge in [0.05, 0.1) is 6.07 Å². The number of hydrogen-bond acceptors (Lipinski definition) is 4. The van der Waals surface area contributed by atoms with Crippen LogP contribution in [0.1, 0.15) is 31.7 Å². The molecule has 0 spiro atoms. The Kier molecular flexibility index (Phi) is 5.11. The molecule has 0 radical (unpaired) electrons. The van der Waals surface area contributed by atoms with Crippen LogP contribution in [0.4, 0.5) is 0 Å². The van der Waals surface area contributed by atoms with Crippen molar-refractivity contribution in [2.24, 2.45) is 0 Å². The molecule has 1 unspecified atom stereocenters. The van der Waals surface area contributed by atoms with Gasteiger partial charge < -0.3 is 4.90 Å². The lowest BCUT2D eigenvalue weighted by Crippen LogP contribution is -2.44. The normalized spacial score (nSPS) is 17.7. The van der Waals surface area contributed by atoms with Gasteiger partial charge in [0, 0.05) is 31.5 Å². The van der Waals surface area contributed by atoms with E-state index >= 15 is 0 Å². The van der Waals surface area contributed by atoms with Crippen LogP contribution in [-0.4, -0.2) is 41.6 Å². The van der Waals surface area contributed by atoms with Crippen molar-refractivity contribution in [3.8, 4) is 6.07 Å². The molecule has 0 saturated heterocycles. The molecular formula is C16H24N4. The number of nitrogens with one attached hydrogen (secondary N) is 1. The Morgan fingerprint density at radius 2 is 2.10 bits per heavy atom. The Hall–Kier alpha value is -1.44. The monoisotopic (exact) mass is 272 g/mol. The fraction of sp³-hybridized carbons (Fsp3) is 0.625. The van der Waals surface area contributed by atoms with E-state index in [4.69, 9.17) is 0 Å². The minimum absolute atomic E-state index is 0.383. The SMILES string of the molecule is CN(CCc1ccncc1)CCC(C)(C#N)NC1CC1. The maximum absolute atomic E-state index is 9.34. The average molecular weight is 272 g/mol. The number of nitrogens with zero attached hydrogens (tertiary/aromatic N) is 3. The fourth-order valence-electron chi connectivity index (χ4n) is 2.23. The summed E-state index contributed by atoms with van der Waals surface area (Å²) in [5.74, 6) is 0. The van der Waals surface area contributed by atoms with Gasteiger partial charge in [0.2, 0.25) is 0 Å². The summed E-state index contributed by atoms with van der Waals surface area (Å²) in [6.07, 6.45) is 8.00. The van der Waals surface area contributed by atoms with E-state index in [1.165, 1.54) is 18.4 Å². The van der Waals surface area contributed by atoms with Gasteiger partial charge in [0.25, 0.3) is 0 Å². The molecule has 1 fully saturated rings. The standard InChI is InChI=1S/C16H24N4/c1-16(13-17,19-15-3-4-15)8-12-20(2)11-7-14-5-9-18-10-6-14/h5-6,9-10,15,19H,3-4,7-8,11-12H2,1-2H3. The highest BCUT2D eigenvalue weighted by atomic mass is 15.1. The number of hydrogen-bond donors (Lipinski definition) is 1. The van der Waals surface area contributed by atoms with Gasteiger partial charge in [-0.1, -0.05) is 0 Å². The molecule has 4 heteroatoms. The second-order valence-electron chi connectivity index (χ2n) is 6.02. The number of aromatic nitrogens is 1. The zero-order chi connectivity index (χ0) is 14.4. The molecule has 1 N–H and O–H groups in total. The third-order valence-electron chi connectivity index (χ3n) is 3.87. The van der Waals surface area contributed by atoms with Crippen LogP contribution in [0.3, 0.4) is 0 Å². The highest BCUT2D eigenvalue weighted by molar-refractivity contribution is 5.10. The largest absolute Gasteiger partial charge is 0.306 e. The molecular weight excluding hydrogens is 248 g/mol. The maximum atomic E-state index is 9.34. The average Bonchev–Trinajstić information content (AvgIpc) is 3.28. The highest BCUT2D eigenvalue weighted by Crippen LogP contribution is 2.23. The Morgan fingerprint density at radius 1 is 1.40 bits per heavy atom. The predicted octanol–water partition coefficient (Wildman–Crippen LogP) is 1.98. The summed E-state index contributed by atoms with van der Waals surface area (Å²) < 4.78 is 0. The molecule has 0 bridgehead atoms. The minimum atomic E-state index is -0.383. The number of pyridine rings is 1. The molecule has 1 heterocycles. The highest BCUT2D eigenvalue weighted by Gasteiger charge is 2.32. The number of likely N-dealkylation sites (N-methyl/N-ethyl adjacent to an activating group) is 1. The lowest BCUT2D eigenvalue weighted by atomic mass is 9.99. The van der Waals surface area contributed by atoms with Gasteiger partial charge in [0.1, 0.15) is 5.54 Å². The molecule has 1 aromatic heterocycles. The summed E-state index contributed by atoms with van der Waals surface area (Å²) in [7, 11) is 2.12. The molecule has 2 rings (SSSR count). The molecule has 0 aliphatic heterocycles. The molecule has 0 amide bonds. The molecule has 108 valence electrons. The van der Waals surface area contributed by atoms with E-state index in [2.05, 4.69) is 40.5 Å². The Balaban J connectivity index is 1.71. The maximum Gasteiger partial charge on any atom is 0.105 e. The molecule has 1 aliphatic carbocycles. The summed E-state index contributed by atoms with van der Waals surface area (Å²) >= 11 is 0. The number of nitriles is 1. The first-order valence-corrected chi connectivity index (χ1v) is 7.38. The molecule has 1 atom stereocenters. The Labute approximate surface area is 121 Å². The van der Waals surface area contributed by atoms with E-state index in [0.29, 0.717) is 6.04 Å². The van der Waals surface area contributed by atoms with Crippen LogP contribution in [0.5, 0.6) is 0 Å². The first kappa shape index (κ1) is 15.0. The van der Waals surface area contributed by atoms with E-state index < -0.39 is 0 Å². The van der Waals surface area contributed by atoms with Crippen LogP contribution in [0.25, 0.3) is 0 Å². The smallest absolute Gasteiger partial charge is 0.105 e. The van der Waals surface area contributed by atoms with Crippen molar-refractivity contribution in [1.29, 1.82) is 5.26 Å². The molecule has 0 aromatic carbocycles. The summed E-state index contributed by atoms with van der Waals surface area (Å²) in [5, 5.41) is 12.8. The van der Waals surface area contributed by atoms with E-state index in [1.807, 2.05) is 19.3 Å². The topological polar surface area (TPSA) is 52.0 Å². The lowest BCUT2D eigenvalue weighted by Gasteiger charge is -2.26. The van der Waals surface area contributed by atoms with Gasteiger partial charge in [-0.15, -0.1) is 0 Å². The molecule has 1 aliphatic rings. The summed E-state index contributed by atoms with van der Waals surface area (Å²) in [6, 6.07) is 7.12. The zero-order valence-electron chi connectivity index (χ0n) is 12.5. The van der Waals surface area contributed by atoms with Gasteiger partial charge in [-0.05, 0) is 57.4 Å². The Morgan fingerprint density at radius 3 is 2.70 bits per heavy atom. The van der Waals surface area contributed by atoms with Crippen molar-refractivity contribution in [3.63, 3.8) is 0 Å². The summed E-state index contributed by atoms with van der Waals surface area (Å²) in [6.45, 7) is 3.96. The van der Waals surface area contributed by atoms with Crippen LogP contribution in [0, 0.1) is 11.3 Å². The Bertz CT molecular complexity index is 449. The van der Waals surface area contributed by atoms with Gasteiger partial charge in [-0.25, -0.2) is 0 Å². The van der Waals surface area contributed by atoms with Crippen molar-refractivity contribution >= 4 is 0 Å². The lowest BCUT2D eigenvalue weighted by molar-refractivity contribution is 0.289. The molecule has 20 heavy (non-hydrogen) atoms. The first-order chi connectivity index (χ1) is 9.61. The van der Waals surface area contributed by atoms with Crippen molar-refractivity contribution in [2.45, 2.75) is 44.2 Å². The summed E-state index contributed by atoms with van der Waals surface area (Å²) in [4.78, 5) is 6.32. The molecule has 1 saturated carbocycles. The third-order valence-corrected chi connectivity index (χ3v) is 3.87. The van der Waals surface area contributed by atoms with Gasteiger partial charge >= 0.3 is 0 Å². The van der Waals surface area contributed by atoms with Crippen molar-refractivity contribution in [3.05, 3.63) is 30.1 Å². The van der Waals surface area contributed by atoms with E-state index in [-0.39, 0.29) is 5.54 Å². The minimum Gasteiger partial charge on any atom is -0.306 e. The first-order valence-electron chi connectivity index (χ1n) is 7.38. The van der Waals surface area contributed by atoms with E-state index in [9.17, 15) is 5.26 Å². The predicted molar refractivity (Wildman–Crippen MR) is 80.2 cm³/mol. The second kappa shape index (κ2) is 6.83. The van der Waals surface area contributed by atoms with Crippen molar-refractivity contribution in [2.75, 3.05) is 20.1 Å². The third kappa shape index (κ3) is 4.92. The summed E-state index contributed by atoms with van der Waals surface area (Å²) in [5.41, 5.74) is 0.928. The van der Waals surface area contributed by atoms with Crippen LogP contribution < -0.4 is 5.32 Å². The van der Waals surface area contributed by atoms with Crippen LogP contribution in [-0.2, 0) is 6.42 Å². The molecule has 4 nitrogen and oxygen atoms in total. The second-order valence-corrected chi connectivity index (χ2v) is 6.02. The van der Waals surface area contributed by atoms with Crippen molar-refractivity contribution < 1.29 is 0 Å². The fourth-order valence-corrected chi connectivity index (χ4v) is 2.23. The van der Waals surface area contributed by atoms with Gasteiger partial charge in [0.15, 0.2) is 0 Å². The van der Waals surface area contributed by atoms with Crippen LogP contribution in [0.15, 0.2) is 24.5 Å². The zero-order valence-corrected chi connectivity index (χ0v) is 12.5. The van der Waals surface area contributed by atoms with Gasteiger partial charge in [-0.2, -0.15) is 5.26 Å². The van der Waals surface area contributed by atoms with Crippen LogP contribution in [0.2, 0.25) is 0 Å². The number of rotatable bonds is 8. The van der Waals surface area contributed by atoms with Gasteiger partial charge in [-0.3, -0.25) is 10.3 Å². The van der Waals surface area contributed by atoms with E-state index in [0.717, 1.165) is 25.9 Å². The molecule has 1 aromatic rings. The van der Waals surface area contributed by atoms with E-state index in [1.54, 1.807) is 0 Å².